The first-order chi connectivity index (χ1) is 5.85. The molecule has 0 unspecified atom stereocenters. The molecule has 2 aliphatic rings. The molecule has 0 amide bonds. The highest BCUT2D eigenvalue weighted by Gasteiger charge is 2.36. The predicted octanol–water partition coefficient (Wildman–Crippen LogP) is 2.95. The molecule has 0 radical (unpaired) electrons. The lowest BCUT2D eigenvalue weighted by Gasteiger charge is -2.33. The average Bonchev–Trinajstić information content (AvgIpc) is 2.55. The van der Waals surface area contributed by atoms with Gasteiger partial charge in [-0.2, -0.15) is 0 Å². The lowest BCUT2D eigenvalue weighted by atomic mass is 9.72. The van der Waals surface area contributed by atoms with Crippen molar-refractivity contribution in [2.75, 3.05) is 0 Å². The molecule has 0 saturated heterocycles. The quantitative estimate of drug-likeness (QED) is 0.436. The van der Waals surface area contributed by atoms with E-state index in [2.05, 4.69) is 5.16 Å². The van der Waals surface area contributed by atoms with Crippen molar-refractivity contribution in [2.45, 2.75) is 51.4 Å². The van der Waals surface area contributed by atoms with Gasteiger partial charge >= 0.3 is 0 Å². The highest BCUT2D eigenvalue weighted by atomic mass is 16.4. The first-order valence-corrected chi connectivity index (χ1v) is 5.04. The average molecular weight is 167 g/mol. The molecule has 0 aromatic carbocycles. The van der Waals surface area contributed by atoms with Gasteiger partial charge in [0.05, 0.1) is 5.71 Å². The van der Waals surface area contributed by atoms with Crippen molar-refractivity contribution in [3.8, 4) is 0 Å². The first-order valence-electron chi connectivity index (χ1n) is 5.04. The molecular weight excluding hydrogens is 150 g/mol. The molecule has 0 bridgehead atoms. The van der Waals surface area contributed by atoms with E-state index in [4.69, 9.17) is 5.21 Å². The van der Waals surface area contributed by atoms with Crippen LogP contribution in [-0.2, 0) is 0 Å². The maximum absolute atomic E-state index is 8.61. The van der Waals surface area contributed by atoms with Crippen LogP contribution in [0.4, 0.5) is 0 Å². The summed E-state index contributed by atoms with van der Waals surface area (Å²) in [4.78, 5) is 0. The van der Waals surface area contributed by atoms with Crippen LogP contribution in [0.15, 0.2) is 5.16 Å². The van der Waals surface area contributed by atoms with Crippen LogP contribution in [0.5, 0.6) is 0 Å². The van der Waals surface area contributed by atoms with Crippen molar-refractivity contribution in [3.63, 3.8) is 0 Å². The van der Waals surface area contributed by atoms with E-state index in [1.165, 1.54) is 38.5 Å². The van der Waals surface area contributed by atoms with Gasteiger partial charge in [0.1, 0.15) is 0 Å². The highest BCUT2D eigenvalue weighted by Crippen LogP contribution is 2.48. The van der Waals surface area contributed by atoms with Crippen molar-refractivity contribution in [3.05, 3.63) is 0 Å². The number of hydrogen-bond acceptors (Lipinski definition) is 2. The Kier molecular flexibility index (Phi) is 2.07. The maximum Gasteiger partial charge on any atom is 0.0571 e. The molecule has 0 aromatic rings. The van der Waals surface area contributed by atoms with E-state index in [9.17, 15) is 0 Å². The van der Waals surface area contributed by atoms with Crippen LogP contribution >= 0.6 is 0 Å². The number of oxime groups is 1. The van der Waals surface area contributed by atoms with Crippen molar-refractivity contribution >= 4 is 5.71 Å². The molecule has 2 aliphatic carbocycles. The minimum Gasteiger partial charge on any atom is -0.411 e. The van der Waals surface area contributed by atoms with E-state index >= 15 is 0 Å². The number of hydrogen-bond donors (Lipinski definition) is 1. The van der Waals surface area contributed by atoms with Crippen molar-refractivity contribution < 1.29 is 5.21 Å². The van der Waals surface area contributed by atoms with Gasteiger partial charge in [0.15, 0.2) is 0 Å². The van der Waals surface area contributed by atoms with Gasteiger partial charge in [0, 0.05) is 0 Å². The summed E-state index contributed by atoms with van der Waals surface area (Å²) < 4.78 is 0. The van der Waals surface area contributed by atoms with Crippen LogP contribution in [0.3, 0.4) is 0 Å². The number of nitrogens with zero attached hydrogens (tertiary/aromatic N) is 1. The zero-order chi connectivity index (χ0) is 8.44. The second kappa shape index (κ2) is 3.08. The van der Waals surface area contributed by atoms with Gasteiger partial charge in [-0.1, -0.05) is 18.0 Å². The van der Waals surface area contributed by atoms with Crippen molar-refractivity contribution in [2.24, 2.45) is 10.6 Å². The van der Waals surface area contributed by atoms with Crippen LogP contribution in [-0.4, -0.2) is 10.9 Å². The summed E-state index contributed by atoms with van der Waals surface area (Å²) in [6.45, 7) is 0. The van der Waals surface area contributed by atoms with E-state index in [1.54, 1.807) is 0 Å². The van der Waals surface area contributed by atoms with Gasteiger partial charge in [-0.05, 0) is 43.9 Å². The fraction of sp³-hybridized carbons (Fsp3) is 0.900. The SMILES string of the molecule is ON=C1CCC2(CCCC2)CC1. The van der Waals surface area contributed by atoms with Crippen molar-refractivity contribution in [1.82, 2.24) is 0 Å². The molecule has 2 heteroatoms. The van der Waals surface area contributed by atoms with Crippen LogP contribution < -0.4 is 0 Å². The lowest BCUT2D eigenvalue weighted by molar-refractivity contribution is 0.235. The molecule has 2 rings (SSSR count). The molecule has 2 nitrogen and oxygen atoms in total. The van der Waals surface area contributed by atoms with Gasteiger partial charge in [-0.25, -0.2) is 0 Å². The topological polar surface area (TPSA) is 32.6 Å². The maximum atomic E-state index is 8.61. The van der Waals surface area contributed by atoms with Crippen LogP contribution in [0.25, 0.3) is 0 Å². The highest BCUT2D eigenvalue weighted by molar-refractivity contribution is 5.84. The molecule has 1 spiro atoms. The Balaban J connectivity index is 1.97. The molecule has 2 saturated carbocycles. The van der Waals surface area contributed by atoms with Gasteiger partial charge in [-0.15, -0.1) is 0 Å². The molecule has 0 heterocycles. The second-order valence-corrected chi connectivity index (χ2v) is 4.37. The molecule has 68 valence electrons. The van der Waals surface area contributed by atoms with Crippen LogP contribution in [0.1, 0.15) is 51.4 Å². The van der Waals surface area contributed by atoms with Crippen LogP contribution in [0, 0.1) is 5.41 Å². The summed E-state index contributed by atoms with van der Waals surface area (Å²) >= 11 is 0. The Morgan fingerprint density at radius 2 is 1.58 bits per heavy atom. The smallest absolute Gasteiger partial charge is 0.0571 e. The third kappa shape index (κ3) is 1.35. The van der Waals surface area contributed by atoms with E-state index < -0.39 is 0 Å². The summed E-state index contributed by atoms with van der Waals surface area (Å²) in [5.74, 6) is 0. The Hall–Kier alpha value is -0.530. The van der Waals surface area contributed by atoms with E-state index in [0.717, 1.165) is 18.6 Å². The zero-order valence-corrected chi connectivity index (χ0v) is 7.55. The minimum absolute atomic E-state index is 0.661. The molecule has 12 heavy (non-hydrogen) atoms. The molecule has 0 aromatic heterocycles. The largest absolute Gasteiger partial charge is 0.411 e. The summed E-state index contributed by atoms with van der Waals surface area (Å²) in [5.41, 5.74) is 1.68. The van der Waals surface area contributed by atoms with Gasteiger partial charge < -0.3 is 5.21 Å². The molecule has 1 N–H and O–H groups in total. The molecular formula is C10H17NO. The first kappa shape index (κ1) is 8.09. The summed E-state index contributed by atoms with van der Waals surface area (Å²) in [7, 11) is 0. The zero-order valence-electron chi connectivity index (χ0n) is 7.55. The number of rotatable bonds is 0. The summed E-state index contributed by atoms with van der Waals surface area (Å²) in [6.07, 6.45) is 10.3. The predicted molar refractivity (Wildman–Crippen MR) is 48.6 cm³/mol. The van der Waals surface area contributed by atoms with Gasteiger partial charge in [0.25, 0.3) is 0 Å². The normalized spacial score (nSPS) is 27.8. The fourth-order valence-electron chi connectivity index (χ4n) is 2.79. The van der Waals surface area contributed by atoms with Crippen molar-refractivity contribution in [1.29, 1.82) is 0 Å². The van der Waals surface area contributed by atoms with Gasteiger partial charge in [-0.3, -0.25) is 0 Å². The van der Waals surface area contributed by atoms with E-state index in [0.29, 0.717) is 5.41 Å². The van der Waals surface area contributed by atoms with E-state index in [1.807, 2.05) is 0 Å². The van der Waals surface area contributed by atoms with Crippen LogP contribution in [0.2, 0.25) is 0 Å². The van der Waals surface area contributed by atoms with Gasteiger partial charge in [0.2, 0.25) is 0 Å². The Labute approximate surface area is 73.7 Å². The third-order valence-electron chi connectivity index (χ3n) is 3.69. The summed E-state index contributed by atoms with van der Waals surface area (Å²) in [6, 6.07) is 0. The summed E-state index contributed by atoms with van der Waals surface area (Å²) in [5, 5.41) is 11.9. The Morgan fingerprint density at radius 3 is 2.08 bits per heavy atom. The minimum atomic E-state index is 0.661. The standard InChI is InChI=1S/C10H17NO/c12-11-9-3-7-10(8-4-9)5-1-2-6-10/h12H,1-8H2. The second-order valence-electron chi connectivity index (χ2n) is 4.37. The lowest BCUT2D eigenvalue weighted by Crippen LogP contribution is -2.24. The molecule has 0 aliphatic heterocycles. The fourth-order valence-corrected chi connectivity index (χ4v) is 2.79. The Bertz CT molecular complexity index is 180. The monoisotopic (exact) mass is 167 g/mol. The molecule has 2 fully saturated rings. The molecule has 0 atom stereocenters. The third-order valence-corrected chi connectivity index (χ3v) is 3.69. The Morgan fingerprint density at radius 1 is 1.00 bits per heavy atom. The van der Waals surface area contributed by atoms with E-state index in [-0.39, 0.29) is 0 Å².